The molecule has 0 amide bonds. The van der Waals surface area contributed by atoms with Crippen LogP contribution < -0.4 is 0 Å². The molecule has 1 rings (SSSR count). The quantitative estimate of drug-likeness (QED) is 0.726. The van der Waals surface area contributed by atoms with E-state index in [9.17, 15) is 4.79 Å². The first-order valence-electron chi connectivity index (χ1n) is 6.35. The van der Waals surface area contributed by atoms with Crippen LogP contribution in [0.3, 0.4) is 0 Å². The molecule has 0 aliphatic carbocycles. The van der Waals surface area contributed by atoms with Gasteiger partial charge < -0.3 is 9.64 Å². The van der Waals surface area contributed by atoms with E-state index < -0.39 is 0 Å². The Hall–Kier alpha value is -1.35. The predicted molar refractivity (Wildman–Crippen MR) is 73.5 cm³/mol. The summed E-state index contributed by atoms with van der Waals surface area (Å²) in [7, 11) is 3.52. The molecule has 0 aliphatic heterocycles. The lowest BCUT2D eigenvalue weighted by molar-refractivity contribution is -0.140. The van der Waals surface area contributed by atoms with Crippen LogP contribution in [0.2, 0.25) is 0 Å². The molecule has 0 saturated carbocycles. The number of methoxy groups -OCH3 is 1. The number of rotatable bonds is 6. The molecule has 0 radical (unpaired) electrons. The maximum atomic E-state index is 11.0. The molecule has 0 fully saturated rings. The summed E-state index contributed by atoms with van der Waals surface area (Å²) >= 11 is 0. The Morgan fingerprint density at radius 2 is 1.89 bits per heavy atom. The maximum absolute atomic E-state index is 11.0. The molecule has 18 heavy (non-hydrogen) atoms. The van der Waals surface area contributed by atoms with Gasteiger partial charge in [0.25, 0.3) is 0 Å². The summed E-state index contributed by atoms with van der Waals surface area (Å²) in [6.07, 6.45) is 1.34. The minimum Gasteiger partial charge on any atom is -0.469 e. The molecular weight excluding hydrogens is 226 g/mol. The number of aryl methyl sites for hydroxylation is 2. The number of benzene rings is 1. The number of carbonyl (C=O) groups is 1. The van der Waals surface area contributed by atoms with Crippen LogP contribution in [0.5, 0.6) is 0 Å². The van der Waals surface area contributed by atoms with Crippen molar-refractivity contribution in [1.82, 2.24) is 4.90 Å². The van der Waals surface area contributed by atoms with E-state index in [2.05, 4.69) is 48.7 Å². The molecule has 1 aromatic carbocycles. The zero-order valence-corrected chi connectivity index (χ0v) is 11.8. The monoisotopic (exact) mass is 249 g/mol. The Balaban J connectivity index is 2.45. The van der Waals surface area contributed by atoms with Crippen LogP contribution in [0, 0.1) is 13.8 Å². The van der Waals surface area contributed by atoms with Crippen molar-refractivity contribution in [2.75, 3.05) is 20.7 Å². The molecule has 1 aromatic rings. The summed E-state index contributed by atoms with van der Waals surface area (Å²) in [5, 5.41) is 0. The van der Waals surface area contributed by atoms with Crippen molar-refractivity contribution >= 4 is 5.97 Å². The van der Waals surface area contributed by atoms with Crippen LogP contribution in [0.4, 0.5) is 0 Å². The van der Waals surface area contributed by atoms with Gasteiger partial charge >= 0.3 is 5.97 Å². The molecule has 0 spiro atoms. The molecule has 0 N–H and O–H groups in total. The topological polar surface area (TPSA) is 29.5 Å². The van der Waals surface area contributed by atoms with Gasteiger partial charge in [0, 0.05) is 13.0 Å². The number of nitrogens with zero attached hydrogens (tertiary/aromatic N) is 1. The molecule has 0 atom stereocenters. The fourth-order valence-electron chi connectivity index (χ4n) is 2.04. The number of hydrogen-bond acceptors (Lipinski definition) is 3. The van der Waals surface area contributed by atoms with Crippen LogP contribution in [-0.4, -0.2) is 31.6 Å². The Morgan fingerprint density at radius 3 is 2.44 bits per heavy atom. The third kappa shape index (κ3) is 4.49. The average Bonchev–Trinajstić information content (AvgIpc) is 2.34. The SMILES string of the molecule is COC(=O)CCCN(C)Cc1c(C)cccc1C. The second-order valence-corrected chi connectivity index (χ2v) is 4.79. The first-order valence-corrected chi connectivity index (χ1v) is 6.35. The number of carbonyl (C=O) groups excluding carboxylic acids is 1. The molecule has 0 bridgehead atoms. The van der Waals surface area contributed by atoms with Crippen molar-refractivity contribution < 1.29 is 9.53 Å². The molecule has 0 aliphatic rings. The van der Waals surface area contributed by atoms with Crippen LogP contribution in [-0.2, 0) is 16.1 Å². The van der Waals surface area contributed by atoms with E-state index in [4.69, 9.17) is 0 Å². The summed E-state index contributed by atoms with van der Waals surface area (Å²) in [6.45, 7) is 6.12. The lowest BCUT2D eigenvalue weighted by atomic mass is 10.0. The van der Waals surface area contributed by atoms with Crippen molar-refractivity contribution in [3.63, 3.8) is 0 Å². The summed E-state index contributed by atoms with van der Waals surface area (Å²) in [6, 6.07) is 6.38. The minimum atomic E-state index is -0.129. The lowest BCUT2D eigenvalue weighted by Crippen LogP contribution is -2.21. The van der Waals surface area contributed by atoms with Gasteiger partial charge in [-0.1, -0.05) is 18.2 Å². The normalized spacial score (nSPS) is 10.7. The predicted octanol–water partition coefficient (Wildman–Crippen LogP) is 2.69. The molecule has 3 nitrogen and oxygen atoms in total. The summed E-state index contributed by atoms with van der Waals surface area (Å²) in [4.78, 5) is 13.3. The van der Waals surface area contributed by atoms with Gasteiger partial charge in [0.05, 0.1) is 7.11 Å². The highest BCUT2D eigenvalue weighted by Gasteiger charge is 2.07. The van der Waals surface area contributed by atoms with Gasteiger partial charge in [-0.3, -0.25) is 4.79 Å². The first kappa shape index (κ1) is 14.7. The number of esters is 1. The Bertz CT molecular complexity index is 381. The van der Waals surface area contributed by atoms with E-state index in [1.165, 1.54) is 23.8 Å². The van der Waals surface area contributed by atoms with Crippen molar-refractivity contribution in [2.24, 2.45) is 0 Å². The molecule has 0 unspecified atom stereocenters. The van der Waals surface area contributed by atoms with Gasteiger partial charge in [-0.25, -0.2) is 0 Å². The maximum Gasteiger partial charge on any atom is 0.305 e. The summed E-state index contributed by atoms with van der Waals surface area (Å²) in [5.74, 6) is -0.129. The Kier molecular flexibility index (Phi) is 5.86. The first-order chi connectivity index (χ1) is 8.54. The summed E-state index contributed by atoms with van der Waals surface area (Å²) < 4.78 is 4.63. The second-order valence-electron chi connectivity index (χ2n) is 4.79. The zero-order valence-electron chi connectivity index (χ0n) is 11.8. The highest BCUT2D eigenvalue weighted by Crippen LogP contribution is 2.15. The van der Waals surface area contributed by atoms with E-state index in [0.717, 1.165) is 19.5 Å². The number of ether oxygens (including phenoxy) is 1. The Morgan fingerprint density at radius 1 is 1.28 bits per heavy atom. The minimum absolute atomic E-state index is 0.129. The van der Waals surface area contributed by atoms with E-state index >= 15 is 0 Å². The van der Waals surface area contributed by atoms with Gasteiger partial charge in [0.1, 0.15) is 0 Å². The fraction of sp³-hybridized carbons (Fsp3) is 0.533. The summed E-state index contributed by atoms with van der Waals surface area (Å²) in [5.41, 5.74) is 4.04. The molecule has 0 aromatic heterocycles. The van der Waals surface area contributed by atoms with Gasteiger partial charge in [-0.05, 0) is 50.6 Å². The third-order valence-corrected chi connectivity index (χ3v) is 3.22. The van der Waals surface area contributed by atoms with Crippen LogP contribution in [0.25, 0.3) is 0 Å². The van der Waals surface area contributed by atoms with E-state index in [1.54, 1.807) is 0 Å². The lowest BCUT2D eigenvalue weighted by Gasteiger charge is -2.19. The van der Waals surface area contributed by atoms with Crippen molar-refractivity contribution in [3.05, 3.63) is 34.9 Å². The second kappa shape index (κ2) is 7.17. The van der Waals surface area contributed by atoms with Gasteiger partial charge in [-0.15, -0.1) is 0 Å². The van der Waals surface area contributed by atoms with E-state index in [0.29, 0.717) is 6.42 Å². The Labute approximate surface area is 110 Å². The standard InChI is InChI=1S/C15H23NO2/c1-12-7-5-8-13(2)14(12)11-16(3)10-6-9-15(17)18-4/h5,7-8H,6,9-11H2,1-4H3. The van der Waals surface area contributed by atoms with Crippen LogP contribution in [0.1, 0.15) is 29.5 Å². The highest BCUT2D eigenvalue weighted by molar-refractivity contribution is 5.69. The third-order valence-electron chi connectivity index (χ3n) is 3.22. The van der Waals surface area contributed by atoms with E-state index in [-0.39, 0.29) is 5.97 Å². The van der Waals surface area contributed by atoms with Crippen molar-refractivity contribution in [2.45, 2.75) is 33.2 Å². The van der Waals surface area contributed by atoms with Crippen LogP contribution >= 0.6 is 0 Å². The van der Waals surface area contributed by atoms with Gasteiger partial charge in [0.2, 0.25) is 0 Å². The molecule has 0 heterocycles. The van der Waals surface area contributed by atoms with Gasteiger partial charge in [-0.2, -0.15) is 0 Å². The number of hydrogen-bond donors (Lipinski definition) is 0. The molecule has 100 valence electrons. The van der Waals surface area contributed by atoms with Crippen molar-refractivity contribution in [3.8, 4) is 0 Å². The van der Waals surface area contributed by atoms with Crippen LogP contribution in [0.15, 0.2) is 18.2 Å². The zero-order chi connectivity index (χ0) is 13.5. The fourth-order valence-corrected chi connectivity index (χ4v) is 2.04. The van der Waals surface area contributed by atoms with Crippen molar-refractivity contribution in [1.29, 1.82) is 0 Å². The van der Waals surface area contributed by atoms with Gasteiger partial charge in [0.15, 0.2) is 0 Å². The molecular formula is C15H23NO2. The molecule has 3 heteroatoms. The average molecular weight is 249 g/mol. The van der Waals surface area contributed by atoms with E-state index in [1.807, 2.05) is 0 Å². The largest absolute Gasteiger partial charge is 0.469 e. The highest BCUT2D eigenvalue weighted by atomic mass is 16.5. The molecule has 0 saturated heterocycles. The smallest absolute Gasteiger partial charge is 0.305 e.